The summed E-state index contributed by atoms with van der Waals surface area (Å²) >= 11 is 12.5. The predicted octanol–water partition coefficient (Wildman–Crippen LogP) is 3.81. The molecule has 1 aromatic carbocycles. The van der Waals surface area contributed by atoms with E-state index in [9.17, 15) is 14.9 Å². The van der Waals surface area contributed by atoms with Crippen molar-refractivity contribution in [3.05, 3.63) is 37.2 Å². The quantitative estimate of drug-likeness (QED) is 0.674. The van der Waals surface area contributed by atoms with E-state index in [2.05, 4.69) is 0 Å². The molecule has 0 fully saturated rings. The van der Waals surface area contributed by atoms with Gasteiger partial charge in [0.2, 0.25) is 0 Å². The second-order valence-corrected chi connectivity index (χ2v) is 4.88. The van der Waals surface area contributed by atoms with E-state index in [0.29, 0.717) is 0 Å². The highest BCUT2D eigenvalue weighted by Gasteiger charge is 2.24. The summed E-state index contributed by atoms with van der Waals surface area (Å²) in [7, 11) is 0. The fourth-order valence-electron chi connectivity index (χ4n) is 1.40. The van der Waals surface area contributed by atoms with Crippen LogP contribution >= 0.6 is 34.5 Å². The van der Waals surface area contributed by atoms with Gasteiger partial charge in [-0.25, -0.2) is 4.79 Å². The van der Waals surface area contributed by atoms with Crippen molar-refractivity contribution in [2.24, 2.45) is 0 Å². The zero-order valence-corrected chi connectivity index (χ0v) is 10.3. The summed E-state index contributed by atoms with van der Waals surface area (Å²) in [6, 6.07) is 2.55. The van der Waals surface area contributed by atoms with E-state index in [1.54, 1.807) is 0 Å². The van der Waals surface area contributed by atoms with Crippen LogP contribution in [0.25, 0.3) is 10.1 Å². The minimum atomic E-state index is -1.23. The molecule has 0 aliphatic rings. The lowest BCUT2D eigenvalue weighted by molar-refractivity contribution is -0.382. The van der Waals surface area contributed by atoms with E-state index in [0.717, 1.165) is 11.3 Å². The van der Waals surface area contributed by atoms with Crippen LogP contribution in [0.2, 0.25) is 10.0 Å². The zero-order chi connectivity index (χ0) is 12.7. The summed E-state index contributed by atoms with van der Waals surface area (Å²) in [6.07, 6.45) is 0. The van der Waals surface area contributed by atoms with Crippen LogP contribution in [-0.4, -0.2) is 16.0 Å². The van der Waals surface area contributed by atoms with Crippen LogP contribution in [0.1, 0.15) is 9.67 Å². The molecule has 0 spiro atoms. The number of benzene rings is 1. The van der Waals surface area contributed by atoms with E-state index in [1.165, 1.54) is 12.1 Å². The number of hydrogen-bond acceptors (Lipinski definition) is 4. The van der Waals surface area contributed by atoms with Crippen molar-refractivity contribution in [3.8, 4) is 0 Å². The maximum Gasteiger partial charge on any atom is 0.347 e. The van der Waals surface area contributed by atoms with E-state index in [4.69, 9.17) is 28.3 Å². The standard InChI is InChI=1S/C9H3Cl2NO4S/c10-3-1-2-4(12(15)16)7-5(3)6(11)8(17-7)9(13)14/h1-2H,(H,13,14). The number of carboxylic acid groups (broad SMARTS) is 1. The van der Waals surface area contributed by atoms with Crippen molar-refractivity contribution in [1.82, 2.24) is 0 Å². The minimum Gasteiger partial charge on any atom is -0.477 e. The fraction of sp³-hybridized carbons (Fsp3) is 0. The minimum absolute atomic E-state index is 0.0637. The summed E-state index contributed by atoms with van der Waals surface area (Å²) in [5.74, 6) is -1.23. The molecule has 5 nitrogen and oxygen atoms in total. The van der Waals surface area contributed by atoms with Gasteiger partial charge >= 0.3 is 5.97 Å². The summed E-state index contributed by atoms with van der Waals surface area (Å²) in [4.78, 5) is 20.9. The van der Waals surface area contributed by atoms with Gasteiger partial charge in [0.25, 0.3) is 5.69 Å². The molecule has 1 N–H and O–H groups in total. The molecule has 0 saturated carbocycles. The Morgan fingerprint density at radius 1 is 1.41 bits per heavy atom. The van der Waals surface area contributed by atoms with Crippen LogP contribution in [0.4, 0.5) is 5.69 Å². The van der Waals surface area contributed by atoms with Gasteiger partial charge in [-0.15, -0.1) is 11.3 Å². The maximum absolute atomic E-state index is 10.9. The third kappa shape index (κ3) is 1.84. The van der Waals surface area contributed by atoms with Crippen LogP contribution in [0.3, 0.4) is 0 Å². The molecule has 0 saturated heterocycles. The Morgan fingerprint density at radius 2 is 2.06 bits per heavy atom. The molecule has 0 unspecified atom stereocenters. The number of halogens is 2. The van der Waals surface area contributed by atoms with Gasteiger partial charge in [0.1, 0.15) is 9.58 Å². The molecular weight excluding hydrogens is 289 g/mol. The average molecular weight is 292 g/mol. The van der Waals surface area contributed by atoms with Gasteiger partial charge in [-0.05, 0) is 6.07 Å². The number of non-ortho nitro benzene ring substituents is 1. The van der Waals surface area contributed by atoms with Gasteiger partial charge in [0.15, 0.2) is 0 Å². The lowest BCUT2D eigenvalue weighted by atomic mass is 10.2. The predicted molar refractivity (Wildman–Crippen MR) is 65.5 cm³/mol. The first-order valence-corrected chi connectivity index (χ1v) is 5.79. The van der Waals surface area contributed by atoms with Gasteiger partial charge in [-0.1, -0.05) is 23.2 Å². The highest BCUT2D eigenvalue weighted by Crippen LogP contribution is 2.43. The van der Waals surface area contributed by atoms with Crippen molar-refractivity contribution in [2.75, 3.05) is 0 Å². The van der Waals surface area contributed by atoms with Crippen molar-refractivity contribution >= 4 is 56.3 Å². The first-order valence-electron chi connectivity index (χ1n) is 4.21. The average Bonchev–Trinajstić information content (AvgIpc) is 2.57. The highest BCUT2D eigenvalue weighted by molar-refractivity contribution is 7.22. The monoisotopic (exact) mass is 291 g/mol. The van der Waals surface area contributed by atoms with Crippen LogP contribution in [-0.2, 0) is 0 Å². The first kappa shape index (κ1) is 12.1. The molecule has 0 atom stereocenters. The molecular formula is C9H3Cl2NO4S. The summed E-state index contributed by atoms with van der Waals surface area (Å²) in [5, 5.41) is 20.0. The molecule has 8 heteroatoms. The third-order valence-corrected chi connectivity index (χ3v) is 4.11. The van der Waals surface area contributed by atoms with Gasteiger partial charge in [-0.2, -0.15) is 0 Å². The Hall–Kier alpha value is -1.37. The van der Waals surface area contributed by atoms with Crippen molar-refractivity contribution < 1.29 is 14.8 Å². The molecule has 1 aromatic heterocycles. The topological polar surface area (TPSA) is 80.4 Å². The van der Waals surface area contributed by atoms with E-state index in [-0.39, 0.29) is 30.7 Å². The second-order valence-electron chi connectivity index (χ2n) is 3.08. The number of nitro benzene ring substituents is 1. The highest BCUT2D eigenvalue weighted by atomic mass is 35.5. The van der Waals surface area contributed by atoms with Crippen molar-refractivity contribution in [2.45, 2.75) is 0 Å². The molecule has 0 aliphatic carbocycles. The SMILES string of the molecule is O=C(O)c1sc2c([N+](=O)[O-])ccc(Cl)c2c1Cl. The van der Waals surface area contributed by atoms with Crippen molar-refractivity contribution in [1.29, 1.82) is 0 Å². The second kappa shape index (κ2) is 4.14. The molecule has 17 heavy (non-hydrogen) atoms. The number of carbonyl (C=O) groups is 1. The lowest BCUT2D eigenvalue weighted by Gasteiger charge is -1.96. The number of thiophene rings is 1. The number of nitro groups is 1. The van der Waals surface area contributed by atoms with E-state index < -0.39 is 10.9 Å². The summed E-state index contributed by atoms with van der Waals surface area (Å²) in [5.41, 5.74) is -0.205. The normalized spacial score (nSPS) is 10.7. The molecule has 88 valence electrons. The van der Waals surface area contributed by atoms with Gasteiger partial charge in [-0.3, -0.25) is 10.1 Å². The maximum atomic E-state index is 10.9. The number of rotatable bonds is 2. The lowest BCUT2D eigenvalue weighted by Crippen LogP contribution is -1.91. The molecule has 0 radical (unpaired) electrons. The smallest absolute Gasteiger partial charge is 0.347 e. The van der Waals surface area contributed by atoms with Gasteiger partial charge in [0.05, 0.1) is 15.0 Å². The zero-order valence-electron chi connectivity index (χ0n) is 7.94. The largest absolute Gasteiger partial charge is 0.477 e. The van der Waals surface area contributed by atoms with Crippen LogP contribution in [0.15, 0.2) is 12.1 Å². The molecule has 0 bridgehead atoms. The van der Waals surface area contributed by atoms with Gasteiger partial charge in [0, 0.05) is 11.5 Å². The Bertz CT molecular complexity index is 652. The van der Waals surface area contributed by atoms with Gasteiger partial charge < -0.3 is 5.11 Å². The molecule has 2 rings (SSSR count). The number of aromatic carboxylic acids is 1. The van der Waals surface area contributed by atoms with Crippen molar-refractivity contribution in [3.63, 3.8) is 0 Å². The molecule has 0 amide bonds. The third-order valence-electron chi connectivity index (χ3n) is 2.10. The first-order chi connectivity index (χ1) is 7.93. The van der Waals surface area contributed by atoms with E-state index >= 15 is 0 Å². The molecule has 2 aromatic rings. The molecule has 1 heterocycles. The van der Waals surface area contributed by atoms with Crippen LogP contribution in [0.5, 0.6) is 0 Å². The Labute approximate surface area is 108 Å². The number of carboxylic acids is 1. The van der Waals surface area contributed by atoms with Crippen LogP contribution < -0.4 is 0 Å². The Kier molecular flexibility index (Phi) is 2.94. The number of hydrogen-bond donors (Lipinski definition) is 1. The van der Waals surface area contributed by atoms with Crippen LogP contribution in [0, 0.1) is 10.1 Å². The van der Waals surface area contributed by atoms with E-state index in [1.807, 2.05) is 0 Å². The summed E-state index contributed by atoms with van der Waals surface area (Å²) < 4.78 is 0.171. The Balaban J connectivity index is 2.93. The Morgan fingerprint density at radius 3 is 2.59 bits per heavy atom. The molecule has 0 aliphatic heterocycles. The summed E-state index contributed by atoms with van der Waals surface area (Å²) in [6.45, 7) is 0. The fourth-order valence-corrected chi connectivity index (χ4v) is 3.25. The number of nitrogens with zero attached hydrogens (tertiary/aromatic N) is 1. The number of fused-ring (bicyclic) bond motifs is 1.